The van der Waals surface area contributed by atoms with Crippen molar-refractivity contribution in [1.29, 1.82) is 0 Å². The average Bonchev–Trinajstić information content (AvgIpc) is 2.92. The van der Waals surface area contributed by atoms with Crippen LogP contribution in [0.3, 0.4) is 0 Å². The molecule has 4 aromatic carbocycles. The first-order chi connectivity index (χ1) is 16.7. The van der Waals surface area contributed by atoms with Crippen LogP contribution in [0.4, 0.5) is 5.69 Å². The fourth-order valence-corrected chi connectivity index (χ4v) is 7.95. The average molecular weight is 468 g/mol. The van der Waals surface area contributed by atoms with E-state index in [0.29, 0.717) is 11.4 Å². The molecule has 0 saturated heterocycles. The lowest BCUT2D eigenvalue weighted by molar-refractivity contribution is -0.132. The zero-order valence-corrected chi connectivity index (χ0v) is 19.9. The molecule has 4 aromatic rings. The molecular formula is C28H25N2O3P. The van der Waals surface area contributed by atoms with E-state index in [4.69, 9.17) is 9.47 Å². The summed E-state index contributed by atoms with van der Waals surface area (Å²) >= 11 is 0. The number of carbonyl (C=O) groups is 1. The number of carbonyl (C=O) groups excluding carboxylic acids is 1. The van der Waals surface area contributed by atoms with Gasteiger partial charge in [0.1, 0.15) is 11.4 Å². The third-order valence-corrected chi connectivity index (χ3v) is 9.58. The Morgan fingerprint density at radius 2 is 1.09 bits per heavy atom. The van der Waals surface area contributed by atoms with Crippen LogP contribution in [0, 0.1) is 0 Å². The summed E-state index contributed by atoms with van der Waals surface area (Å²) < 4.78 is 10.7. The Morgan fingerprint density at radius 3 is 1.53 bits per heavy atom. The van der Waals surface area contributed by atoms with Crippen molar-refractivity contribution in [2.75, 3.05) is 14.2 Å². The Bertz CT molecular complexity index is 1230. The maximum atomic E-state index is 13.4. The van der Waals surface area contributed by atoms with Crippen LogP contribution in [-0.4, -0.2) is 25.6 Å². The molecule has 0 unspecified atom stereocenters. The molecule has 0 bridgehead atoms. The summed E-state index contributed by atoms with van der Waals surface area (Å²) in [5, 5.41) is 12.0. The number of azo groups is 1. The molecule has 0 saturated carbocycles. The van der Waals surface area contributed by atoms with E-state index in [0.717, 1.165) is 15.9 Å². The van der Waals surface area contributed by atoms with Gasteiger partial charge in [-0.15, -0.1) is 10.2 Å². The summed E-state index contributed by atoms with van der Waals surface area (Å²) in [6.07, 6.45) is 0. The van der Waals surface area contributed by atoms with Crippen LogP contribution in [-0.2, 0) is 9.53 Å². The Labute approximate surface area is 199 Å². The van der Waals surface area contributed by atoms with Gasteiger partial charge in [0.2, 0.25) is 0 Å². The van der Waals surface area contributed by atoms with E-state index < -0.39 is 12.9 Å². The molecule has 0 amide bonds. The second-order valence-corrected chi connectivity index (χ2v) is 10.7. The van der Waals surface area contributed by atoms with Gasteiger partial charge in [-0.1, -0.05) is 103 Å². The zero-order valence-electron chi connectivity index (χ0n) is 19.0. The number of benzene rings is 4. The number of hydrogen-bond donors (Lipinski definition) is 0. The fraction of sp³-hybridized carbons (Fsp3) is 0.0714. The lowest BCUT2D eigenvalue weighted by atomic mass is 10.3. The second-order valence-electron chi connectivity index (χ2n) is 7.36. The fourth-order valence-electron chi connectivity index (χ4n) is 3.92. The number of hydrogen-bond acceptors (Lipinski definition) is 4. The van der Waals surface area contributed by atoms with Gasteiger partial charge in [0.05, 0.1) is 14.2 Å². The minimum Gasteiger partial charge on any atom is -0.494 e. The zero-order chi connectivity index (χ0) is 23.8. The van der Waals surface area contributed by atoms with E-state index in [1.165, 1.54) is 7.11 Å². The van der Waals surface area contributed by atoms with Crippen LogP contribution < -0.4 is 20.7 Å². The van der Waals surface area contributed by atoms with Crippen molar-refractivity contribution in [2.45, 2.75) is 0 Å². The molecule has 0 radical (unpaired) electrons. The van der Waals surface area contributed by atoms with Crippen molar-refractivity contribution in [1.82, 2.24) is 0 Å². The molecule has 0 heterocycles. The maximum Gasteiger partial charge on any atom is 0.359 e. The van der Waals surface area contributed by atoms with E-state index in [-0.39, 0.29) is 5.42 Å². The summed E-state index contributed by atoms with van der Waals surface area (Å²) in [6.45, 7) is -2.76. The van der Waals surface area contributed by atoms with Gasteiger partial charge in [0.15, 0.2) is 5.42 Å². The molecule has 5 nitrogen and oxygen atoms in total. The molecule has 0 aliphatic carbocycles. The van der Waals surface area contributed by atoms with Crippen LogP contribution in [0.5, 0.6) is 5.75 Å². The highest BCUT2D eigenvalue weighted by atomic mass is 31.2. The van der Waals surface area contributed by atoms with Gasteiger partial charge in [-0.05, 0) is 28.0 Å². The summed E-state index contributed by atoms with van der Waals surface area (Å²) in [5.74, 6) is 0.0436. The number of ether oxygens (including phenoxy) is 2. The molecular weight excluding hydrogens is 443 g/mol. The number of rotatable bonds is 7. The molecule has 170 valence electrons. The topological polar surface area (TPSA) is 60.2 Å². The second kappa shape index (κ2) is 10.8. The Hall–Kier alpha value is -3.95. The Kier molecular flexibility index (Phi) is 7.36. The van der Waals surface area contributed by atoms with E-state index in [1.54, 1.807) is 19.2 Å². The first-order valence-electron chi connectivity index (χ1n) is 10.8. The van der Waals surface area contributed by atoms with E-state index >= 15 is 0 Å². The van der Waals surface area contributed by atoms with E-state index in [2.05, 4.69) is 10.2 Å². The van der Waals surface area contributed by atoms with Gasteiger partial charge in [0, 0.05) is 6.89 Å². The molecule has 0 aliphatic heterocycles. The predicted molar refractivity (Wildman–Crippen MR) is 140 cm³/mol. The third kappa shape index (κ3) is 4.43. The number of para-hydroxylation sites is 1. The summed E-state index contributed by atoms with van der Waals surface area (Å²) in [6, 6.07) is 37.3. The molecule has 0 spiro atoms. The van der Waals surface area contributed by atoms with Crippen LogP contribution in [0.15, 0.2) is 125 Å². The third-order valence-electron chi connectivity index (χ3n) is 5.45. The Balaban J connectivity index is 2.17. The van der Waals surface area contributed by atoms with Gasteiger partial charge in [-0.3, -0.25) is 0 Å². The van der Waals surface area contributed by atoms with Crippen molar-refractivity contribution < 1.29 is 14.3 Å². The monoisotopic (exact) mass is 468 g/mol. The van der Waals surface area contributed by atoms with Crippen LogP contribution in [0.2, 0.25) is 0 Å². The lowest BCUT2D eigenvalue weighted by Gasteiger charge is -2.29. The van der Waals surface area contributed by atoms with Crippen molar-refractivity contribution in [3.8, 4) is 5.75 Å². The van der Waals surface area contributed by atoms with Gasteiger partial charge >= 0.3 is 5.97 Å². The summed E-state index contributed by atoms with van der Waals surface area (Å²) in [4.78, 5) is 13.4. The molecule has 4 rings (SSSR count). The molecule has 0 aliphatic rings. The van der Waals surface area contributed by atoms with Gasteiger partial charge < -0.3 is 9.47 Å². The first-order valence-corrected chi connectivity index (χ1v) is 12.6. The Morgan fingerprint density at radius 1 is 0.647 bits per heavy atom. The molecule has 0 N–H and O–H groups in total. The van der Waals surface area contributed by atoms with Gasteiger partial charge in [-0.25, -0.2) is 4.79 Å². The highest BCUT2D eigenvalue weighted by Gasteiger charge is 2.34. The minimum absolute atomic E-state index is 0.254. The maximum absolute atomic E-state index is 13.4. The smallest absolute Gasteiger partial charge is 0.359 e. The van der Waals surface area contributed by atoms with Crippen molar-refractivity contribution in [3.63, 3.8) is 0 Å². The number of methoxy groups -OCH3 is 2. The van der Waals surface area contributed by atoms with Crippen LogP contribution >= 0.6 is 6.89 Å². The predicted octanol–water partition coefficient (Wildman–Crippen LogP) is 5.08. The standard InChI is InChI=1S/C28H25N2O3P/c1-32-26-21-13-12-20-25(26)29-30-27(28(31)33-2)34(22-14-6-3-7-15-22,23-16-8-4-9-17-23)24-18-10-5-11-19-24/h3-21H,1-2H3. The highest BCUT2D eigenvalue weighted by molar-refractivity contribution is 7.96. The molecule has 0 aromatic heterocycles. The van der Waals surface area contributed by atoms with Crippen molar-refractivity contribution in [3.05, 3.63) is 115 Å². The number of nitrogens with zero attached hydrogens (tertiary/aromatic N) is 2. The van der Waals surface area contributed by atoms with Crippen molar-refractivity contribution >= 4 is 39.9 Å². The normalized spacial score (nSPS) is 11.2. The molecule has 0 atom stereocenters. The molecule has 6 heteroatoms. The molecule has 0 fully saturated rings. The quantitative estimate of drug-likeness (QED) is 0.216. The SMILES string of the molecule is COC(=O)C(N=Nc1ccccc1OC)=P(c1ccccc1)(c1ccccc1)c1ccccc1. The van der Waals surface area contributed by atoms with Gasteiger partial charge in [-0.2, -0.15) is 0 Å². The van der Waals surface area contributed by atoms with Crippen LogP contribution in [0.25, 0.3) is 0 Å². The first kappa shape index (κ1) is 23.2. The minimum atomic E-state index is -2.76. The van der Waals surface area contributed by atoms with Gasteiger partial charge in [0.25, 0.3) is 0 Å². The van der Waals surface area contributed by atoms with E-state index in [9.17, 15) is 4.79 Å². The highest BCUT2D eigenvalue weighted by Crippen LogP contribution is 2.47. The summed E-state index contributed by atoms with van der Waals surface area (Å²) in [5.41, 5.74) is 0.781. The molecule has 34 heavy (non-hydrogen) atoms. The lowest BCUT2D eigenvalue weighted by Crippen LogP contribution is -2.33. The summed E-state index contributed by atoms with van der Waals surface area (Å²) in [7, 11) is 2.95. The number of esters is 1. The largest absolute Gasteiger partial charge is 0.494 e. The van der Waals surface area contributed by atoms with Crippen molar-refractivity contribution in [2.24, 2.45) is 10.2 Å². The van der Waals surface area contributed by atoms with E-state index in [1.807, 2.05) is 103 Å². The van der Waals surface area contributed by atoms with Crippen LogP contribution in [0.1, 0.15) is 0 Å².